The van der Waals surface area contributed by atoms with Crippen LogP contribution in [0, 0.1) is 22.2 Å². The van der Waals surface area contributed by atoms with Gasteiger partial charge in [0.1, 0.15) is 0 Å². The summed E-state index contributed by atoms with van der Waals surface area (Å²) in [5, 5.41) is 5.95. The average molecular weight is 352 g/mol. The minimum atomic E-state index is 0.0264. The van der Waals surface area contributed by atoms with Gasteiger partial charge in [-0.15, -0.1) is 0 Å². The molecule has 26 heavy (non-hydrogen) atoms. The van der Waals surface area contributed by atoms with E-state index in [0.29, 0.717) is 23.7 Å². The number of hydrogen-bond acceptors (Lipinski definition) is 2. The van der Waals surface area contributed by atoms with Gasteiger partial charge in [-0.25, -0.2) is 0 Å². The van der Waals surface area contributed by atoms with Gasteiger partial charge in [0.2, 0.25) is 11.8 Å². The highest BCUT2D eigenvalue weighted by Gasteiger charge is 2.60. The highest BCUT2D eigenvalue weighted by molar-refractivity contribution is 6.00. The topological polar surface area (TPSA) is 58.2 Å². The van der Waals surface area contributed by atoms with Crippen LogP contribution in [0.3, 0.4) is 0 Å². The van der Waals surface area contributed by atoms with Gasteiger partial charge in [0.25, 0.3) is 0 Å². The lowest BCUT2D eigenvalue weighted by molar-refractivity contribution is -0.153. The monoisotopic (exact) mass is 352 g/mol. The zero-order chi connectivity index (χ0) is 18.2. The van der Waals surface area contributed by atoms with Crippen molar-refractivity contribution in [3.63, 3.8) is 0 Å². The molecule has 4 bridgehead atoms. The van der Waals surface area contributed by atoms with Gasteiger partial charge in [0.15, 0.2) is 0 Å². The minimum Gasteiger partial charge on any atom is -0.326 e. The van der Waals surface area contributed by atoms with Crippen LogP contribution in [-0.2, 0) is 16.0 Å². The van der Waals surface area contributed by atoms with Gasteiger partial charge in [-0.2, -0.15) is 0 Å². The first-order valence-electron chi connectivity index (χ1n) is 9.97. The highest BCUT2D eigenvalue weighted by Crippen LogP contribution is 2.70. The summed E-state index contributed by atoms with van der Waals surface area (Å²) in [7, 11) is 0. The Morgan fingerprint density at radius 1 is 1.15 bits per heavy atom. The number of benzene rings is 1. The van der Waals surface area contributed by atoms with Crippen LogP contribution in [0.5, 0.6) is 0 Å². The number of anilines is 2. The Bertz CT molecular complexity index is 796. The van der Waals surface area contributed by atoms with Crippen molar-refractivity contribution in [2.75, 3.05) is 10.6 Å². The molecule has 1 aromatic carbocycles. The van der Waals surface area contributed by atoms with Gasteiger partial charge < -0.3 is 10.6 Å². The lowest BCUT2D eigenvalue weighted by Gasteiger charge is -2.65. The molecule has 1 aliphatic heterocycles. The largest absolute Gasteiger partial charge is 0.326 e. The van der Waals surface area contributed by atoms with Gasteiger partial charge in [0.05, 0.1) is 6.42 Å². The zero-order valence-corrected chi connectivity index (χ0v) is 15.8. The standard InChI is InChI=1S/C22H28N2O2/c1-20-7-14-8-21(2,11-20)13-22(9-14,12-20)10-19(26)23-16-4-3-15-5-18(25)24-17(15)6-16/h3-4,6,14H,5,7-13H2,1-2H3,(H,23,26)(H,24,25)/t14?,20-,21+,22?. The molecule has 1 heterocycles. The second kappa shape index (κ2) is 5.11. The molecule has 2 amide bonds. The number of carbonyl (C=O) groups is 2. The molecule has 4 heteroatoms. The van der Waals surface area contributed by atoms with E-state index in [0.717, 1.165) is 22.9 Å². The van der Waals surface area contributed by atoms with E-state index in [1.807, 2.05) is 18.2 Å². The van der Waals surface area contributed by atoms with E-state index >= 15 is 0 Å². The van der Waals surface area contributed by atoms with Crippen molar-refractivity contribution in [1.82, 2.24) is 0 Å². The summed E-state index contributed by atoms with van der Waals surface area (Å²) < 4.78 is 0. The first kappa shape index (κ1) is 16.3. The summed E-state index contributed by atoms with van der Waals surface area (Å²) in [4.78, 5) is 24.4. The van der Waals surface area contributed by atoms with Gasteiger partial charge in [-0.1, -0.05) is 19.9 Å². The molecule has 2 N–H and O–H groups in total. The molecule has 0 saturated heterocycles. The van der Waals surface area contributed by atoms with E-state index in [2.05, 4.69) is 24.5 Å². The van der Waals surface area contributed by atoms with Crippen molar-refractivity contribution < 1.29 is 9.59 Å². The molecular weight excluding hydrogens is 324 g/mol. The number of rotatable bonds is 3. The first-order valence-corrected chi connectivity index (χ1v) is 9.97. The van der Waals surface area contributed by atoms with Crippen LogP contribution >= 0.6 is 0 Å². The van der Waals surface area contributed by atoms with E-state index in [-0.39, 0.29) is 17.2 Å². The third-order valence-electron chi connectivity index (χ3n) is 7.30. The van der Waals surface area contributed by atoms with Crippen LogP contribution in [0.4, 0.5) is 11.4 Å². The maximum atomic E-state index is 12.9. The number of fused-ring (bicyclic) bond motifs is 1. The third kappa shape index (κ3) is 2.65. The van der Waals surface area contributed by atoms with E-state index in [1.165, 1.54) is 38.5 Å². The number of hydrogen-bond donors (Lipinski definition) is 2. The van der Waals surface area contributed by atoms with Crippen molar-refractivity contribution in [2.24, 2.45) is 22.2 Å². The Morgan fingerprint density at radius 2 is 1.88 bits per heavy atom. The molecule has 6 rings (SSSR count). The highest BCUT2D eigenvalue weighted by atomic mass is 16.2. The van der Waals surface area contributed by atoms with Gasteiger partial charge in [-0.05, 0) is 78.4 Å². The van der Waals surface area contributed by atoms with Gasteiger partial charge >= 0.3 is 0 Å². The van der Waals surface area contributed by atoms with Crippen molar-refractivity contribution in [3.8, 4) is 0 Å². The van der Waals surface area contributed by atoms with Crippen molar-refractivity contribution in [2.45, 2.75) is 65.2 Å². The van der Waals surface area contributed by atoms with Crippen molar-refractivity contribution in [1.29, 1.82) is 0 Å². The fourth-order valence-electron chi connectivity index (χ4n) is 7.72. The predicted octanol–water partition coefficient (Wildman–Crippen LogP) is 4.51. The number of amides is 2. The molecule has 4 atom stereocenters. The Balaban J connectivity index is 1.32. The Hall–Kier alpha value is -1.84. The molecule has 4 nitrogen and oxygen atoms in total. The predicted molar refractivity (Wildman–Crippen MR) is 102 cm³/mol. The molecule has 4 saturated carbocycles. The normalized spacial score (nSPS) is 39.6. The summed E-state index contributed by atoms with van der Waals surface area (Å²) in [5.74, 6) is 0.964. The van der Waals surface area contributed by atoms with E-state index in [9.17, 15) is 9.59 Å². The smallest absolute Gasteiger partial charge is 0.228 e. The van der Waals surface area contributed by atoms with Crippen LogP contribution in [0.25, 0.3) is 0 Å². The molecule has 5 aliphatic rings. The van der Waals surface area contributed by atoms with E-state index in [1.54, 1.807) is 0 Å². The van der Waals surface area contributed by atoms with Gasteiger partial charge in [0, 0.05) is 17.8 Å². The molecule has 138 valence electrons. The lowest BCUT2D eigenvalue weighted by atomic mass is 9.40. The van der Waals surface area contributed by atoms with E-state index < -0.39 is 0 Å². The SMILES string of the molecule is C[C@]12CC3CC(CC(=O)Nc4ccc5c(c4)NC(=O)C5)(C1)C[C@@](C)(C3)C2. The number of nitrogens with one attached hydrogen (secondary N) is 2. The van der Waals surface area contributed by atoms with Crippen LogP contribution in [0.2, 0.25) is 0 Å². The van der Waals surface area contributed by atoms with E-state index in [4.69, 9.17) is 0 Å². The van der Waals surface area contributed by atoms with Crippen LogP contribution < -0.4 is 10.6 Å². The second-order valence-corrected chi connectivity index (χ2v) is 10.5. The molecule has 0 spiro atoms. The Kier molecular flexibility index (Phi) is 3.21. The molecule has 1 aromatic rings. The Labute approximate surface area is 155 Å². The molecule has 2 unspecified atom stereocenters. The fraction of sp³-hybridized carbons (Fsp3) is 0.636. The molecular formula is C22H28N2O2. The van der Waals surface area contributed by atoms with Crippen LogP contribution in [0.1, 0.15) is 64.4 Å². The van der Waals surface area contributed by atoms with Crippen molar-refractivity contribution >= 4 is 23.2 Å². The molecule has 0 radical (unpaired) electrons. The second-order valence-electron chi connectivity index (χ2n) is 10.5. The fourth-order valence-corrected chi connectivity index (χ4v) is 7.72. The first-order chi connectivity index (χ1) is 12.2. The zero-order valence-electron chi connectivity index (χ0n) is 15.8. The van der Waals surface area contributed by atoms with Gasteiger partial charge in [-0.3, -0.25) is 9.59 Å². The average Bonchev–Trinajstić information content (AvgIpc) is 2.81. The Morgan fingerprint density at radius 3 is 2.58 bits per heavy atom. The minimum absolute atomic E-state index is 0.0264. The van der Waals surface area contributed by atoms with Crippen molar-refractivity contribution in [3.05, 3.63) is 23.8 Å². The maximum absolute atomic E-state index is 12.9. The van der Waals surface area contributed by atoms with Crippen LogP contribution in [-0.4, -0.2) is 11.8 Å². The summed E-state index contributed by atoms with van der Waals surface area (Å²) >= 11 is 0. The summed E-state index contributed by atoms with van der Waals surface area (Å²) in [5.41, 5.74) is 3.70. The molecule has 4 fully saturated rings. The summed E-state index contributed by atoms with van der Waals surface area (Å²) in [6.07, 6.45) is 8.77. The lowest BCUT2D eigenvalue weighted by Crippen LogP contribution is -2.55. The number of carbonyl (C=O) groups excluding carboxylic acids is 2. The quantitative estimate of drug-likeness (QED) is 0.841. The summed E-state index contributed by atoms with van der Waals surface area (Å²) in [6.45, 7) is 4.90. The third-order valence-corrected chi connectivity index (χ3v) is 7.30. The maximum Gasteiger partial charge on any atom is 0.228 e. The summed E-state index contributed by atoms with van der Waals surface area (Å²) in [6, 6.07) is 5.75. The molecule has 0 aromatic heterocycles. The van der Waals surface area contributed by atoms with Crippen LogP contribution in [0.15, 0.2) is 18.2 Å². The molecule has 4 aliphatic carbocycles.